The average Bonchev–Trinajstić information content (AvgIpc) is 3.06. The normalized spacial score (nSPS) is 20.4. The van der Waals surface area contributed by atoms with Crippen molar-refractivity contribution in [3.8, 4) is 0 Å². The summed E-state index contributed by atoms with van der Waals surface area (Å²) >= 11 is 0. The van der Waals surface area contributed by atoms with Gasteiger partial charge < -0.3 is 5.32 Å². The van der Waals surface area contributed by atoms with Gasteiger partial charge in [-0.25, -0.2) is 9.82 Å². The van der Waals surface area contributed by atoms with Crippen molar-refractivity contribution >= 4 is 5.91 Å². The fraction of sp³-hybridized carbons (Fsp3) is 0.278. The molecule has 120 valence electrons. The number of rotatable bonds is 5. The largest absolute Gasteiger partial charge is 0.355 e. The van der Waals surface area contributed by atoms with E-state index >= 15 is 0 Å². The number of benzene rings is 2. The van der Waals surface area contributed by atoms with E-state index < -0.39 is 0 Å². The average molecular weight is 313 g/mol. The summed E-state index contributed by atoms with van der Waals surface area (Å²) in [7, 11) is 0. The Morgan fingerprint density at radius 1 is 1.13 bits per heavy atom. The van der Waals surface area contributed by atoms with Gasteiger partial charge in [-0.05, 0) is 29.7 Å². The quantitative estimate of drug-likeness (QED) is 0.791. The molecule has 2 aromatic carbocycles. The zero-order valence-electron chi connectivity index (χ0n) is 12.8. The molecule has 0 aliphatic carbocycles. The number of nitrogens with one attached hydrogen (secondary N) is 3. The van der Waals surface area contributed by atoms with Gasteiger partial charge >= 0.3 is 0 Å². The van der Waals surface area contributed by atoms with Crippen LogP contribution in [0.2, 0.25) is 0 Å². The van der Waals surface area contributed by atoms with Crippen LogP contribution in [0.25, 0.3) is 0 Å². The molecular weight excluding hydrogens is 293 g/mol. The van der Waals surface area contributed by atoms with E-state index in [1.54, 1.807) is 12.1 Å². The molecular formula is C18H20FN3O. The van der Waals surface area contributed by atoms with E-state index in [9.17, 15) is 9.18 Å². The van der Waals surface area contributed by atoms with Gasteiger partial charge in [0, 0.05) is 13.1 Å². The van der Waals surface area contributed by atoms with Crippen molar-refractivity contribution in [3.63, 3.8) is 0 Å². The first-order valence-corrected chi connectivity index (χ1v) is 7.79. The molecule has 4 nitrogen and oxygen atoms in total. The number of hydrogen-bond donors (Lipinski definition) is 3. The number of hydrogen-bond acceptors (Lipinski definition) is 3. The van der Waals surface area contributed by atoms with Crippen molar-refractivity contribution in [2.75, 3.05) is 13.1 Å². The van der Waals surface area contributed by atoms with Crippen LogP contribution in [0.1, 0.15) is 17.2 Å². The van der Waals surface area contributed by atoms with Crippen LogP contribution in [0.4, 0.5) is 4.39 Å². The minimum atomic E-state index is -0.274. The number of amides is 1. The topological polar surface area (TPSA) is 53.2 Å². The van der Waals surface area contributed by atoms with Gasteiger partial charge in [-0.1, -0.05) is 42.5 Å². The summed E-state index contributed by atoms with van der Waals surface area (Å²) in [5, 5.41) is 2.99. The van der Waals surface area contributed by atoms with Crippen molar-refractivity contribution in [2.24, 2.45) is 5.92 Å². The second-order valence-electron chi connectivity index (χ2n) is 5.69. The molecule has 3 N–H and O–H groups in total. The fourth-order valence-corrected chi connectivity index (χ4v) is 2.83. The van der Waals surface area contributed by atoms with Crippen LogP contribution in [-0.2, 0) is 11.2 Å². The molecule has 5 heteroatoms. The van der Waals surface area contributed by atoms with Gasteiger partial charge in [0.2, 0.25) is 5.91 Å². The summed E-state index contributed by atoms with van der Waals surface area (Å²) < 4.78 is 13.0. The SMILES string of the molecule is O=C(NCCc1ccccc1)C1CNNC1c1ccc(F)cc1. The van der Waals surface area contributed by atoms with Gasteiger partial charge in [0.05, 0.1) is 12.0 Å². The molecule has 0 bridgehead atoms. The molecule has 1 aliphatic rings. The van der Waals surface area contributed by atoms with Crippen LogP contribution in [0, 0.1) is 11.7 Å². The molecule has 23 heavy (non-hydrogen) atoms. The van der Waals surface area contributed by atoms with E-state index in [-0.39, 0.29) is 23.7 Å². The summed E-state index contributed by atoms with van der Waals surface area (Å²) in [6.45, 7) is 1.16. The Morgan fingerprint density at radius 2 is 1.87 bits per heavy atom. The Labute approximate surface area is 135 Å². The Hall–Kier alpha value is -2.24. The number of halogens is 1. The highest BCUT2D eigenvalue weighted by molar-refractivity contribution is 5.80. The predicted molar refractivity (Wildman–Crippen MR) is 86.9 cm³/mol. The molecule has 1 heterocycles. The molecule has 1 amide bonds. The molecule has 2 atom stereocenters. The fourth-order valence-electron chi connectivity index (χ4n) is 2.83. The van der Waals surface area contributed by atoms with Crippen LogP contribution < -0.4 is 16.2 Å². The second kappa shape index (κ2) is 7.35. The molecule has 2 aromatic rings. The standard InChI is InChI=1S/C18H20FN3O/c19-15-8-6-14(7-9-15)17-16(12-21-22-17)18(23)20-11-10-13-4-2-1-3-5-13/h1-9,16-17,21-22H,10-12H2,(H,20,23). The maximum atomic E-state index is 13.0. The van der Waals surface area contributed by atoms with E-state index in [1.165, 1.54) is 17.7 Å². The number of hydrazine groups is 1. The number of carbonyl (C=O) groups is 1. The molecule has 1 fully saturated rings. The third-order valence-electron chi connectivity index (χ3n) is 4.10. The van der Waals surface area contributed by atoms with Gasteiger partial charge in [0.1, 0.15) is 5.82 Å². The summed E-state index contributed by atoms with van der Waals surface area (Å²) in [6.07, 6.45) is 0.807. The van der Waals surface area contributed by atoms with E-state index in [0.29, 0.717) is 13.1 Å². The van der Waals surface area contributed by atoms with Crippen molar-refractivity contribution in [1.82, 2.24) is 16.2 Å². The molecule has 3 rings (SSSR count). The predicted octanol–water partition coefficient (Wildman–Crippen LogP) is 1.95. The lowest BCUT2D eigenvalue weighted by molar-refractivity contribution is -0.124. The van der Waals surface area contributed by atoms with Crippen molar-refractivity contribution in [2.45, 2.75) is 12.5 Å². The minimum absolute atomic E-state index is 0.00718. The third kappa shape index (κ3) is 3.94. The lowest BCUT2D eigenvalue weighted by atomic mass is 9.94. The molecule has 1 aliphatic heterocycles. The Bertz CT molecular complexity index is 645. The lowest BCUT2D eigenvalue weighted by Gasteiger charge is -2.18. The highest BCUT2D eigenvalue weighted by Crippen LogP contribution is 2.25. The van der Waals surface area contributed by atoms with Crippen LogP contribution in [0.5, 0.6) is 0 Å². The minimum Gasteiger partial charge on any atom is -0.355 e. The zero-order chi connectivity index (χ0) is 16.1. The van der Waals surface area contributed by atoms with Crippen LogP contribution in [0.3, 0.4) is 0 Å². The van der Waals surface area contributed by atoms with Crippen molar-refractivity contribution < 1.29 is 9.18 Å². The molecule has 0 spiro atoms. The third-order valence-corrected chi connectivity index (χ3v) is 4.10. The number of carbonyl (C=O) groups excluding carboxylic acids is 1. The monoisotopic (exact) mass is 313 g/mol. The van der Waals surface area contributed by atoms with Gasteiger partial charge in [0.25, 0.3) is 0 Å². The Kier molecular flexibility index (Phi) is 5.00. The molecule has 0 saturated carbocycles. The Balaban J connectivity index is 1.56. The van der Waals surface area contributed by atoms with E-state index in [0.717, 1.165) is 12.0 Å². The lowest BCUT2D eigenvalue weighted by Crippen LogP contribution is -2.36. The smallest absolute Gasteiger partial charge is 0.226 e. The van der Waals surface area contributed by atoms with E-state index in [4.69, 9.17) is 0 Å². The van der Waals surface area contributed by atoms with Crippen molar-refractivity contribution in [1.29, 1.82) is 0 Å². The van der Waals surface area contributed by atoms with Gasteiger partial charge in [-0.15, -0.1) is 0 Å². The van der Waals surface area contributed by atoms with Gasteiger partial charge in [-0.3, -0.25) is 10.2 Å². The molecule has 0 aromatic heterocycles. The first-order valence-electron chi connectivity index (χ1n) is 7.79. The second-order valence-corrected chi connectivity index (χ2v) is 5.69. The van der Waals surface area contributed by atoms with Crippen LogP contribution in [0.15, 0.2) is 54.6 Å². The summed E-state index contributed by atoms with van der Waals surface area (Å²) in [4.78, 5) is 12.4. The van der Waals surface area contributed by atoms with Crippen LogP contribution >= 0.6 is 0 Å². The van der Waals surface area contributed by atoms with Crippen molar-refractivity contribution in [3.05, 3.63) is 71.5 Å². The Morgan fingerprint density at radius 3 is 2.61 bits per heavy atom. The van der Waals surface area contributed by atoms with Gasteiger partial charge in [-0.2, -0.15) is 0 Å². The highest BCUT2D eigenvalue weighted by atomic mass is 19.1. The molecule has 0 radical (unpaired) electrons. The summed E-state index contributed by atoms with van der Waals surface area (Å²) in [6, 6.07) is 16.2. The van der Waals surface area contributed by atoms with Gasteiger partial charge in [0.15, 0.2) is 0 Å². The maximum Gasteiger partial charge on any atom is 0.226 e. The van der Waals surface area contributed by atoms with Crippen LogP contribution in [-0.4, -0.2) is 19.0 Å². The summed E-state index contributed by atoms with van der Waals surface area (Å²) in [5.74, 6) is -0.479. The molecule has 2 unspecified atom stereocenters. The highest BCUT2D eigenvalue weighted by Gasteiger charge is 2.33. The first kappa shape index (κ1) is 15.6. The van der Waals surface area contributed by atoms with E-state index in [1.807, 2.05) is 30.3 Å². The zero-order valence-corrected chi connectivity index (χ0v) is 12.8. The molecule has 1 saturated heterocycles. The summed E-state index contributed by atoms with van der Waals surface area (Å²) in [5.41, 5.74) is 8.22. The first-order chi connectivity index (χ1) is 11.2. The maximum absolute atomic E-state index is 13.0. The van der Waals surface area contributed by atoms with E-state index in [2.05, 4.69) is 16.2 Å².